The van der Waals surface area contributed by atoms with E-state index in [1.54, 1.807) is 6.92 Å². The number of carbonyl (C=O) groups is 2. The van der Waals surface area contributed by atoms with E-state index < -0.39 is 6.04 Å². The minimum absolute atomic E-state index is 0.0104. The van der Waals surface area contributed by atoms with E-state index in [9.17, 15) is 9.59 Å². The molecule has 1 fully saturated rings. The third kappa shape index (κ3) is 2.72. The van der Waals surface area contributed by atoms with Gasteiger partial charge in [-0.1, -0.05) is 6.92 Å². The van der Waals surface area contributed by atoms with Crippen LogP contribution >= 0.6 is 0 Å². The Morgan fingerprint density at radius 2 is 2.07 bits per heavy atom. The summed E-state index contributed by atoms with van der Waals surface area (Å²) in [5.41, 5.74) is 0. The molecule has 0 saturated heterocycles. The van der Waals surface area contributed by atoms with Crippen molar-refractivity contribution < 1.29 is 9.59 Å². The Bertz CT molecular complexity index is 240. The van der Waals surface area contributed by atoms with Gasteiger partial charge < -0.3 is 10.6 Å². The third-order valence-corrected chi connectivity index (χ3v) is 2.55. The minimum atomic E-state index is -0.421. The zero-order chi connectivity index (χ0) is 10.7. The second-order valence-electron chi connectivity index (χ2n) is 3.94. The number of amides is 2. The molecule has 80 valence electrons. The van der Waals surface area contributed by atoms with Crippen molar-refractivity contribution in [2.45, 2.75) is 33.2 Å². The second kappa shape index (κ2) is 4.44. The lowest BCUT2D eigenvalue weighted by Crippen LogP contribution is -2.45. The number of nitrogens with one attached hydrogen (secondary N) is 2. The topological polar surface area (TPSA) is 58.2 Å². The first-order chi connectivity index (χ1) is 6.56. The maximum absolute atomic E-state index is 11.4. The van der Waals surface area contributed by atoms with Gasteiger partial charge in [0, 0.05) is 12.5 Å². The molecule has 0 bridgehead atoms. The first-order valence-corrected chi connectivity index (χ1v) is 5.14. The van der Waals surface area contributed by atoms with E-state index in [1.807, 2.05) is 13.8 Å². The van der Waals surface area contributed by atoms with Crippen LogP contribution in [-0.2, 0) is 9.59 Å². The fourth-order valence-electron chi connectivity index (χ4n) is 1.40. The Labute approximate surface area is 84.4 Å². The minimum Gasteiger partial charge on any atom is -0.355 e. The molecule has 4 nitrogen and oxygen atoms in total. The number of likely N-dealkylation sites (N-methyl/N-ethyl adjacent to an activating group) is 1. The van der Waals surface area contributed by atoms with Gasteiger partial charge in [0.05, 0.1) is 0 Å². The van der Waals surface area contributed by atoms with Gasteiger partial charge in [-0.3, -0.25) is 9.59 Å². The highest BCUT2D eigenvalue weighted by atomic mass is 16.2. The normalized spacial score (nSPS) is 26.5. The van der Waals surface area contributed by atoms with Crippen LogP contribution in [0.25, 0.3) is 0 Å². The predicted molar refractivity (Wildman–Crippen MR) is 53.6 cm³/mol. The van der Waals surface area contributed by atoms with Crippen molar-refractivity contribution >= 4 is 11.8 Å². The van der Waals surface area contributed by atoms with Crippen LogP contribution in [0.2, 0.25) is 0 Å². The average Bonchev–Trinajstić information content (AvgIpc) is 2.83. The molecule has 0 aromatic carbocycles. The molecule has 1 aliphatic rings. The molecule has 0 unspecified atom stereocenters. The number of hydrogen-bond donors (Lipinski definition) is 2. The van der Waals surface area contributed by atoms with Gasteiger partial charge >= 0.3 is 0 Å². The van der Waals surface area contributed by atoms with Gasteiger partial charge in [0.25, 0.3) is 0 Å². The van der Waals surface area contributed by atoms with Crippen LogP contribution in [0.3, 0.4) is 0 Å². The smallest absolute Gasteiger partial charge is 0.242 e. The van der Waals surface area contributed by atoms with Crippen molar-refractivity contribution in [2.75, 3.05) is 6.54 Å². The SMILES string of the molecule is CCNC(=O)[C@H](C)NC(=O)[C@@H]1C[C@@H]1C. The Kier molecular flexibility index (Phi) is 3.49. The van der Waals surface area contributed by atoms with Crippen LogP contribution in [0, 0.1) is 11.8 Å². The lowest BCUT2D eigenvalue weighted by Gasteiger charge is -2.12. The van der Waals surface area contributed by atoms with Gasteiger partial charge in [-0.05, 0) is 26.2 Å². The lowest BCUT2D eigenvalue weighted by molar-refractivity contribution is -0.129. The average molecular weight is 198 g/mol. The Morgan fingerprint density at radius 3 is 2.50 bits per heavy atom. The maximum atomic E-state index is 11.4. The highest BCUT2D eigenvalue weighted by Gasteiger charge is 2.39. The van der Waals surface area contributed by atoms with Crippen molar-refractivity contribution in [3.05, 3.63) is 0 Å². The summed E-state index contributed by atoms with van der Waals surface area (Å²) in [5.74, 6) is 0.508. The monoisotopic (exact) mass is 198 g/mol. The Hall–Kier alpha value is -1.06. The molecular weight excluding hydrogens is 180 g/mol. The van der Waals surface area contributed by atoms with Crippen molar-refractivity contribution in [1.82, 2.24) is 10.6 Å². The molecule has 0 aromatic rings. The van der Waals surface area contributed by atoms with Gasteiger partial charge in [-0.15, -0.1) is 0 Å². The molecule has 2 N–H and O–H groups in total. The molecule has 3 atom stereocenters. The first-order valence-electron chi connectivity index (χ1n) is 5.14. The van der Waals surface area contributed by atoms with Crippen molar-refractivity contribution in [3.8, 4) is 0 Å². The zero-order valence-electron chi connectivity index (χ0n) is 8.96. The van der Waals surface area contributed by atoms with Gasteiger partial charge in [0.15, 0.2) is 0 Å². The maximum Gasteiger partial charge on any atom is 0.242 e. The van der Waals surface area contributed by atoms with E-state index in [-0.39, 0.29) is 17.7 Å². The molecule has 0 heterocycles. The third-order valence-electron chi connectivity index (χ3n) is 2.55. The largest absolute Gasteiger partial charge is 0.355 e. The van der Waals surface area contributed by atoms with E-state index in [1.165, 1.54) is 0 Å². The summed E-state index contributed by atoms with van der Waals surface area (Å²) in [4.78, 5) is 22.7. The molecule has 0 radical (unpaired) electrons. The fraction of sp³-hybridized carbons (Fsp3) is 0.800. The molecule has 14 heavy (non-hydrogen) atoms. The standard InChI is InChI=1S/C10H18N2O2/c1-4-11-9(13)7(3)12-10(14)8-5-6(8)2/h6-8H,4-5H2,1-3H3,(H,11,13)(H,12,14)/t6-,7-,8+/m0/s1. The molecule has 1 aliphatic carbocycles. The highest BCUT2D eigenvalue weighted by molar-refractivity contribution is 5.89. The van der Waals surface area contributed by atoms with E-state index >= 15 is 0 Å². The van der Waals surface area contributed by atoms with Crippen LogP contribution < -0.4 is 10.6 Å². The molecule has 0 spiro atoms. The number of carbonyl (C=O) groups excluding carboxylic acids is 2. The van der Waals surface area contributed by atoms with Crippen LogP contribution in [-0.4, -0.2) is 24.4 Å². The summed E-state index contributed by atoms with van der Waals surface area (Å²) in [6, 6.07) is -0.421. The lowest BCUT2D eigenvalue weighted by atomic mass is 10.2. The molecule has 0 aromatic heterocycles. The second-order valence-corrected chi connectivity index (χ2v) is 3.94. The molecule has 1 saturated carbocycles. The van der Waals surface area contributed by atoms with E-state index in [0.29, 0.717) is 12.5 Å². The first kappa shape index (κ1) is 11.0. The van der Waals surface area contributed by atoms with Gasteiger partial charge in [-0.25, -0.2) is 0 Å². The van der Waals surface area contributed by atoms with Gasteiger partial charge in [0.2, 0.25) is 11.8 Å². The molecule has 2 amide bonds. The summed E-state index contributed by atoms with van der Waals surface area (Å²) in [6.07, 6.45) is 0.952. The summed E-state index contributed by atoms with van der Waals surface area (Å²) in [5, 5.41) is 5.37. The number of hydrogen-bond acceptors (Lipinski definition) is 2. The Morgan fingerprint density at radius 1 is 1.50 bits per heavy atom. The van der Waals surface area contributed by atoms with Gasteiger partial charge in [-0.2, -0.15) is 0 Å². The van der Waals surface area contributed by atoms with Crippen LogP contribution in [0.1, 0.15) is 27.2 Å². The van der Waals surface area contributed by atoms with E-state index in [2.05, 4.69) is 10.6 Å². The molecule has 1 rings (SSSR count). The zero-order valence-corrected chi connectivity index (χ0v) is 8.96. The predicted octanol–water partition coefficient (Wildman–Crippen LogP) is 0.283. The van der Waals surface area contributed by atoms with Crippen LogP contribution in [0.4, 0.5) is 0 Å². The van der Waals surface area contributed by atoms with Crippen molar-refractivity contribution in [2.24, 2.45) is 11.8 Å². The van der Waals surface area contributed by atoms with Crippen LogP contribution in [0.5, 0.6) is 0 Å². The molecular formula is C10H18N2O2. The van der Waals surface area contributed by atoms with Crippen molar-refractivity contribution in [1.29, 1.82) is 0 Å². The summed E-state index contributed by atoms with van der Waals surface area (Å²) in [6.45, 7) is 6.20. The van der Waals surface area contributed by atoms with Crippen molar-refractivity contribution in [3.63, 3.8) is 0 Å². The highest BCUT2D eigenvalue weighted by Crippen LogP contribution is 2.37. The quantitative estimate of drug-likeness (QED) is 0.682. The van der Waals surface area contributed by atoms with Gasteiger partial charge in [0.1, 0.15) is 6.04 Å². The summed E-state index contributed by atoms with van der Waals surface area (Å²) in [7, 11) is 0. The Balaban J connectivity index is 2.29. The molecule has 0 aliphatic heterocycles. The fourth-order valence-corrected chi connectivity index (χ4v) is 1.40. The summed E-state index contributed by atoms with van der Waals surface area (Å²) < 4.78 is 0. The number of rotatable bonds is 4. The molecule has 4 heteroatoms. The van der Waals surface area contributed by atoms with E-state index in [0.717, 1.165) is 6.42 Å². The van der Waals surface area contributed by atoms with Crippen LogP contribution in [0.15, 0.2) is 0 Å². The van der Waals surface area contributed by atoms with E-state index in [4.69, 9.17) is 0 Å². The summed E-state index contributed by atoms with van der Waals surface area (Å²) >= 11 is 0.